The number of hydrogen-bond donors (Lipinski definition) is 2. The topological polar surface area (TPSA) is 69.6 Å². The third-order valence-corrected chi connectivity index (χ3v) is 3.55. The smallest absolute Gasteiger partial charge is 0.317 e. The molecule has 1 fully saturated rings. The maximum Gasteiger partial charge on any atom is 0.317 e. The van der Waals surface area contributed by atoms with Gasteiger partial charge < -0.3 is 10.4 Å². The summed E-state index contributed by atoms with van der Waals surface area (Å²) in [6, 6.07) is 0.251. The normalized spacial score (nSPS) is 24.8. The zero-order valence-electron chi connectivity index (χ0n) is 11.3. The van der Waals surface area contributed by atoms with Crippen LogP contribution in [0.1, 0.15) is 39.5 Å². The number of carbonyl (C=O) groups is 2. The summed E-state index contributed by atoms with van der Waals surface area (Å²) in [7, 11) is 0. The molecule has 104 valence electrons. The molecule has 0 aromatic heterocycles. The fourth-order valence-corrected chi connectivity index (χ4v) is 2.32. The third kappa shape index (κ3) is 4.64. The van der Waals surface area contributed by atoms with Crippen LogP contribution in [0, 0.1) is 5.92 Å². The molecule has 0 bridgehead atoms. The van der Waals surface area contributed by atoms with Gasteiger partial charge >= 0.3 is 5.97 Å². The first-order chi connectivity index (χ1) is 8.54. The van der Waals surface area contributed by atoms with Crippen molar-refractivity contribution in [2.75, 3.05) is 19.6 Å². The Kier molecular flexibility index (Phi) is 6.12. The summed E-state index contributed by atoms with van der Waals surface area (Å²) in [6.07, 6.45) is 3.80. The number of amides is 1. The second-order valence-corrected chi connectivity index (χ2v) is 5.09. The van der Waals surface area contributed by atoms with E-state index in [1.165, 1.54) is 0 Å². The van der Waals surface area contributed by atoms with E-state index in [1.54, 1.807) is 0 Å². The number of aliphatic carboxylic acids is 1. The summed E-state index contributed by atoms with van der Waals surface area (Å²) in [6.45, 7) is 5.42. The Labute approximate surface area is 109 Å². The number of carboxylic acids is 1. The minimum atomic E-state index is -0.825. The maximum absolute atomic E-state index is 11.9. The van der Waals surface area contributed by atoms with Crippen molar-refractivity contribution in [2.24, 2.45) is 5.92 Å². The van der Waals surface area contributed by atoms with E-state index in [1.807, 2.05) is 11.8 Å². The van der Waals surface area contributed by atoms with Crippen LogP contribution in [0.15, 0.2) is 0 Å². The molecule has 5 heteroatoms. The number of nitrogens with one attached hydrogen (secondary N) is 1. The van der Waals surface area contributed by atoms with Crippen LogP contribution < -0.4 is 5.32 Å². The number of carboxylic acid groups (broad SMARTS) is 1. The molecule has 1 rings (SSSR count). The molecule has 1 amide bonds. The Balaban J connectivity index is 2.42. The van der Waals surface area contributed by atoms with Gasteiger partial charge in [0, 0.05) is 19.1 Å². The van der Waals surface area contributed by atoms with Gasteiger partial charge in [0.25, 0.3) is 0 Å². The molecular weight excluding hydrogens is 232 g/mol. The number of piperidine rings is 1. The molecule has 1 saturated heterocycles. The van der Waals surface area contributed by atoms with Crippen molar-refractivity contribution in [1.82, 2.24) is 10.2 Å². The first kappa shape index (κ1) is 15.0. The van der Waals surface area contributed by atoms with Crippen LogP contribution in [0.25, 0.3) is 0 Å². The molecule has 0 aromatic rings. The summed E-state index contributed by atoms with van der Waals surface area (Å²) < 4.78 is 0. The van der Waals surface area contributed by atoms with Gasteiger partial charge in [-0.25, -0.2) is 0 Å². The van der Waals surface area contributed by atoms with Crippen LogP contribution >= 0.6 is 0 Å². The second kappa shape index (κ2) is 7.36. The Morgan fingerprint density at radius 1 is 1.39 bits per heavy atom. The summed E-state index contributed by atoms with van der Waals surface area (Å²) >= 11 is 0. The fraction of sp³-hybridized carbons (Fsp3) is 0.846. The molecule has 0 aromatic carbocycles. The predicted molar refractivity (Wildman–Crippen MR) is 69.3 cm³/mol. The van der Waals surface area contributed by atoms with E-state index in [0.29, 0.717) is 6.54 Å². The molecule has 2 N–H and O–H groups in total. The summed E-state index contributed by atoms with van der Waals surface area (Å²) in [5.74, 6) is -0.808. The highest BCUT2D eigenvalue weighted by Gasteiger charge is 2.30. The van der Waals surface area contributed by atoms with Gasteiger partial charge in [-0.1, -0.05) is 13.3 Å². The van der Waals surface area contributed by atoms with Crippen LogP contribution in [-0.2, 0) is 9.59 Å². The molecule has 1 aliphatic rings. The van der Waals surface area contributed by atoms with Crippen molar-refractivity contribution in [2.45, 2.75) is 45.6 Å². The Bertz CT molecular complexity index is 294. The molecule has 0 unspecified atom stereocenters. The zero-order valence-corrected chi connectivity index (χ0v) is 11.3. The van der Waals surface area contributed by atoms with E-state index in [0.717, 1.165) is 32.2 Å². The van der Waals surface area contributed by atoms with Crippen LogP contribution in [0.5, 0.6) is 0 Å². The standard InChI is InChI=1S/C13H24N2O3/c1-3-4-7-14-13(18)11-6-5-10(2)15(8-11)9-12(16)17/h10-11H,3-9H2,1-2H3,(H,14,18)(H,16,17)/t10-,11-/m1/s1. The highest BCUT2D eigenvalue weighted by atomic mass is 16.4. The lowest BCUT2D eigenvalue weighted by molar-refractivity contribution is -0.140. The third-order valence-electron chi connectivity index (χ3n) is 3.55. The van der Waals surface area contributed by atoms with E-state index in [2.05, 4.69) is 12.2 Å². The SMILES string of the molecule is CCCCNC(=O)[C@@H]1CC[C@@H](C)N(CC(=O)O)C1. The first-order valence-corrected chi connectivity index (χ1v) is 6.78. The van der Waals surface area contributed by atoms with Crippen LogP contribution in [0.4, 0.5) is 0 Å². The second-order valence-electron chi connectivity index (χ2n) is 5.09. The van der Waals surface area contributed by atoms with Gasteiger partial charge in [-0.05, 0) is 26.2 Å². The minimum absolute atomic E-state index is 0.0277. The lowest BCUT2D eigenvalue weighted by Gasteiger charge is -2.36. The molecule has 0 radical (unpaired) electrons. The summed E-state index contributed by atoms with van der Waals surface area (Å²) in [5, 5.41) is 11.8. The number of likely N-dealkylation sites (tertiary alicyclic amines) is 1. The largest absolute Gasteiger partial charge is 0.480 e. The quantitative estimate of drug-likeness (QED) is 0.698. The maximum atomic E-state index is 11.9. The van der Waals surface area contributed by atoms with Crippen LogP contribution in [0.3, 0.4) is 0 Å². The molecule has 5 nitrogen and oxygen atoms in total. The van der Waals surface area contributed by atoms with E-state index in [9.17, 15) is 9.59 Å². The zero-order chi connectivity index (χ0) is 13.5. The number of rotatable bonds is 6. The van der Waals surface area contributed by atoms with Crippen molar-refractivity contribution >= 4 is 11.9 Å². The predicted octanol–water partition coefficient (Wildman–Crippen LogP) is 1.09. The van der Waals surface area contributed by atoms with Gasteiger partial charge in [-0.2, -0.15) is 0 Å². The highest BCUT2D eigenvalue weighted by molar-refractivity contribution is 5.79. The molecule has 0 aliphatic carbocycles. The van der Waals surface area contributed by atoms with Crippen molar-refractivity contribution in [3.63, 3.8) is 0 Å². The van der Waals surface area contributed by atoms with E-state index in [-0.39, 0.29) is 24.4 Å². The monoisotopic (exact) mass is 256 g/mol. The van der Waals surface area contributed by atoms with Crippen LogP contribution in [-0.4, -0.2) is 47.6 Å². The Morgan fingerprint density at radius 2 is 2.11 bits per heavy atom. The number of carbonyl (C=O) groups excluding carboxylic acids is 1. The van der Waals surface area contributed by atoms with E-state index >= 15 is 0 Å². The average Bonchev–Trinajstić information content (AvgIpc) is 2.31. The van der Waals surface area contributed by atoms with Crippen molar-refractivity contribution in [3.8, 4) is 0 Å². The summed E-state index contributed by atoms with van der Waals surface area (Å²) in [4.78, 5) is 24.6. The van der Waals surface area contributed by atoms with Crippen molar-refractivity contribution in [3.05, 3.63) is 0 Å². The molecular formula is C13H24N2O3. The van der Waals surface area contributed by atoms with E-state index < -0.39 is 5.97 Å². The summed E-state index contributed by atoms with van der Waals surface area (Å²) in [5.41, 5.74) is 0. The van der Waals surface area contributed by atoms with Crippen LogP contribution in [0.2, 0.25) is 0 Å². The molecule has 1 heterocycles. The fourth-order valence-electron chi connectivity index (χ4n) is 2.32. The van der Waals surface area contributed by atoms with Crippen molar-refractivity contribution < 1.29 is 14.7 Å². The van der Waals surface area contributed by atoms with Crippen molar-refractivity contribution in [1.29, 1.82) is 0 Å². The lowest BCUT2D eigenvalue weighted by atomic mass is 9.92. The number of nitrogens with zero attached hydrogens (tertiary/aromatic N) is 1. The van der Waals surface area contributed by atoms with Gasteiger partial charge in [-0.15, -0.1) is 0 Å². The van der Waals surface area contributed by atoms with Gasteiger partial charge in [0.1, 0.15) is 0 Å². The van der Waals surface area contributed by atoms with Gasteiger partial charge in [0.15, 0.2) is 0 Å². The first-order valence-electron chi connectivity index (χ1n) is 6.78. The average molecular weight is 256 g/mol. The number of hydrogen-bond acceptors (Lipinski definition) is 3. The molecule has 0 spiro atoms. The highest BCUT2D eigenvalue weighted by Crippen LogP contribution is 2.21. The van der Waals surface area contributed by atoms with Gasteiger partial charge in [-0.3, -0.25) is 14.5 Å². The van der Waals surface area contributed by atoms with Gasteiger partial charge in [0.05, 0.1) is 12.5 Å². The molecule has 0 saturated carbocycles. The minimum Gasteiger partial charge on any atom is -0.480 e. The molecule has 2 atom stereocenters. The Hall–Kier alpha value is -1.10. The van der Waals surface area contributed by atoms with E-state index in [4.69, 9.17) is 5.11 Å². The van der Waals surface area contributed by atoms with Gasteiger partial charge in [0.2, 0.25) is 5.91 Å². The lowest BCUT2D eigenvalue weighted by Crippen LogP contribution is -2.48. The molecule has 18 heavy (non-hydrogen) atoms. The number of unbranched alkanes of at least 4 members (excludes halogenated alkanes) is 1. The molecule has 1 aliphatic heterocycles. The Morgan fingerprint density at radius 3 is 2.72 bits per heavy atom.